The minimum atomic E-state index is 0.170. The zero-order valence-corrected chi connectivity index (χ0v) is 14.0. The Bertz CT molecular complexity index is 605. The lowest BCUT2D eigenvalue weighted by molar-refractivity contribution is 0.278. The van der Waals surface area contributed by atoms with E-state index in [1.54, 1.807) is 13.2 Å². The lowest BCUT2D eigenvalue weighted by Crippen LogP contribution is -2.16. The second-order valence-corrected chi connectivity index (χ2v) is 5.56. The van der Waals surface area contributed by atoms with Crippen LogP contribution >= 0.6 is 11.6 Å². The first-order valence-corrected chi connectivity index (χ1v) is 7.97. The molecule has 0 saturated carbocycles. The van der Waals surface area contributed by atoms with E-state index in [0.717, 1.165) is 17.7 Å². The number of nitrogens with one attached hydrogen (secondary N) is 1. The van der Waals surface area contributed by atoms with Gasteiger partial charge in [0.15, 0.2) is 11.5 Å². The zero-order valence-electron chi connectivity index (χ0n) is 13.2. The van der Waals surface area contributed by atoms with Gasteiger partial charge in [-0.3, -0.25) is 0 Å². The molecule has 2 aromatic carbocycles. The fraction of sp³-hybridized carbons (Fsp3) is 0.333. The number of aliphatic hydroxyl groups excluding tert-OH is 1. The van der Waals surface area contributed by atoms with Gasteiger partial charge in [-0.25, -0.2) is 0 Å². The van der Waals surface area contributed by atoms with Crippen LogP contribution in [0.15, 0.2) is 42.5 Å². The highest BCUT2D eigenvalue weighted by Gasteiger charge is 2.13. The number of hydrogen-bond acceptors (Lipinski definition) is 4. The summed E-state index contributed by atoms with van der Waals surface area (Å²) in [5, 5.41) is 12.7. The molecule has 2 rings (SSSR count). The second-order valence-electron chi connectivity index (χ2n) is 5.12. The molecule has 0 aliphatic carbocycles. The third-order valence-corrected chi connectivity index (χ3v) is 3.59. The van der Waals surface area contributed by atoms with Gasteiger partial charge in [-0.1, -0.05) is 41.9 Å². The summed E-state index contributed by atoms with van der Waals surface area (Å²) in [6.45, 7) is 1.95. The van der Waals surface area contributed by atoms with Crippen LogP contribution in [0.2, 0.25) is 5.02 Å². The van der Waals surface area contributed by atoms with Crippen LogP contribution in [-0.4, -0.2) is 25.4 Å². The van der Waals surface area contributed by atoms with E-state index in [-0.39, 0.29) is 6.61 Å². The molecule has 4 nitrogen and oxygen atoms in total. The normalized spacial score (nSPS) is 10.6. The molecule has 0 amide bonds. The second kappa shape index (κ2) is 9.40. The summed E-state index contributed by atoms with van der Waals surface area (Å²) in [6, 6.07) is 13.6. The largest absolute Gasteiger partial charge is 0.493 e. The highest BCUT2D eigenvalue weighted by atomic mass is 35.5. The van der Waals surface area contributed by atoms with Crippen LogP contribution in [0, 0.1) is 0 Å². The number of benzene rings is 2. The van der Waals surface area contributed by atoms with Crippen LogP contribution in [0.5, 0.6) is 11.5 Å². The quantitative estimate of drug-likeness (QED) is 0.690. The Hall–Kier alpha value is -1.75. The lowest BCUT2D eigenvalue weighted by atomic mass is 10.1. The van der Waals surface area contributed by atoms with Crippen LogP contribution in [0.25, 0.3) is 0 Å². The summed E-state index contributed by atoms with van der Waals surface area (Å²) < 4.78 is 11.4. The molecular weight excluding hydrogens is 314 g/mol. The highest BCUT2D eigenvalue weighted by molar-refractivity contribution is 6.30. The number of aliphatic hydroxyl groups is 1. The maximum absolute atomic E-state index is 8.85. The maximum Gasteiger partial charge on any atom is 0.166 e. The van der Waals surface area contributed by atoms with E-state index in [2.05, 4.69) is 5.32 Å². The summed E-state index contributed by atoms with van der Waals surface area (Å²) in [7, 11) is 1.60. The van der Waals surface area contributed by atoms with Crippen LogP contribution in [0.1, 0.15) is 17.5 Å². The van der Waals surface area contributed by atoms with Gasteiger partial charge in [0.1, 0.15) is 6.61 Å². The van der Waals surface area contributed by atoms with Gasteiger partial charge in [-0.2, -0.15) is 0 Å². The Kier molecular flexibility index (Phi) is 7.20. The van der Waals surface area contributed by atoms with Gasteiger partial charge in [-0.05, 0) is 24.6 Å². The summed E-state index contributed by atoms with van der Waals surface area (Å²) in [5.74, 6) is 1.31. The molecule has 0 fully saturated rings. The topological polar surface area (TPSA) is 50.7 Å². The van der Waals surface area contributed by atoms with Gasteiger partial charge >= 0.3 is 0 Å². The molecule has 0 saturated heterocycles. The van der Waals surface area contributed by atoms with Gasteiger partial charge in [0.2, 0.25) is 0 Å². The predicted octanol–water partition coefficient (Wildman–Crippen LogP) is 3.40. The molecule has 124 valence electrons. The zero-order chi connectivity index (χ0) is 16.5. The van der Waals surface area contributed by atoms with Crippen molar-refractivity contribution in [2.24, 2.45) is 0 Å². The van der Waals surface area contributed by atoms with Crippen LogP contribution in [0.3, 0.4) is 0 Å². The minimum Gasteiger partial charge on any atom is -0.493 e. The number of halogens is 1. The van der Waals surface area contributed by atoms with Crippen LogP contribution in [0.4, 0.5) is 0 Å². The van der Waals surface area contributed by atoms with Gasteiger partial charge in [0, 0.05) is 29.8 Å². The first kappa shape index (κ1) is 17.6. The molecule has 2 aromatic rings. The molecule has 0 heterocycles. The molecule has 2 N–H and O–H groups in total. The first-order valence-electron chi connectivity index (χ1n) is 7.59. The fourth-order valence-corrected chi connectivity index (χ4v) is 2.46. The highest BCUT2D eigenvalue weighted by Crippen LogP contribution is 2.35. The van der Waals surface area contributed by atoms with Crippen molar-refractivity contribution < 1.29 is 14.6 Å². The molecule has 0 aliphatic heterocycles. The third kappa shape index (κ3) is 5.43. The number of rotatable bonds is 9. The SMILES string of the molecule is COc1cc(Cl)cc(CNCCCO)c1OCc1ccccc1. The number of hydrogen-bond donors (Lipinski definition) is 2. The molecule has 0 aromatic heterocycles. The van der Waals surface area contributed by atoms with Crippen molar-refractivity contribution in [2.45, 2.75) is 19.6 Å². The van der Waals surface area contributed by atoms with Crippen molar-refractivity contribution >= 4 is 11.6 Å². The smallest absolute Gasteiger partial charge is 0.166 e. The minimum absolute atomic E-state index is 0.170. The van der Waals surface area contributed by atoms with Gasteiger partial charge in [0.05, 0.1) is 7.11 Å². The molecule has 0 atom stereocenters. The Morgan fingerprint density at radius 2 is 1.96 bits per heavy atom. The summed E-state index contributed by atoms with van der Waals surface area (Å²) in [6.07, 6.45) is 0.706. The van der Waals surface area contributed by atoms with Crippen molar-refractivity contribution in [1.29, 1.82) is 0 Å². The van der Waals surface area contributed by atoms with E-state index in [1.165, 1.54) is 0 Å². The summed E-state index contributed by atoms with van der Waals surface area (Å²) >= 11 is 6.15. The first-order chi connectivity index (χ1) is 11.2. The van der Waals surface area contributed by atoms with Crippen molar-refractivity contribution in [1.82, 2.24) is 5.32 Å². The average Bonchev–Trinajstić information content (AvgIpc) is 2.58. The van der Waals surface area contributed by atoms with Crippen molar-refractivity contribution in [2.75, 3.05) is 20.3 Å². The predicted molar refractivity (Wildman–Crippen MR) is 92.2 cm³/mol. The standard InChI is InChI=1S/C18H22ClNO3/c1-22-17-11-16(19)10-15(12-20-8-5-9-21)18(17)23-13-14-6-3-2-4-7-14/h2-4,6-7,10-11,20-21H,5,8-9,12-13H2,1H3. The molecular formula is C18H22ClNO3. The van der Waals surface area contributed by atoms with E-state index >= 15 is 0 Å². The van der Waals surface area contributed by atoms with E-state index in [9.17, 15) is 0 Å². The Balaban J connectivity index is 2.13. The molecule has 0 unspecified atom stereocenters. The van der Waals surface area contributed by atoms with E-state index in [1.807, 2.05) is 36.4 Å². The molecule has 0 aliphatic rings. The summed E-state index contributed by atoms with van der Waals surface area (Å²) in [4.78, 5) is 0. The van der Waals surface area contributed by atoms with E-state index in [0.29, 0.717) is 36.1 Å². The van der Waals surface area contributed by atoms with Crippen LogP contribution < -0.4 is 14.8 Å². The monoisotopic (exact) mass is 335 g/mol. The van der Waals surface area contributed by atoms with Crippen LogP contribution in [-0.2, 0) is 13.2 Å². The lowest BCUT2D eigenvalue weighted by Gasteiger charge is -2.16. The number of methoxy groups -OCH3 is 1. The molecule has 5 heteroatoms. The van der Waals surface area contributed by atoms with Crippen molar-refractivity contribution in [3.8, 4) is 11.5 Å². The van der Waals surface area contributed by atoms with E-state index in [4.69, 9.17) is 26.2 Å². The van der Waals surface area contributed by atoms with Crippen molar-refractivity contribution in [3.63, 3.8) is 0 Å². The Morgan fingerprint density at radius 3 is 2.65 bits per heavy atom. The Morgan fingerprint density at radius 1 is 1.17 bits per heavy atom. The third-order valence-electron chi connectivity index (χ3n) is 3.37. The number of ether oxygens (including phenoxy) is 2. The van der Waals surface area contributed by atoms with E-state index < -0.39 is 0 Å². The fourth-order valence-electron chi connectivity index (χ4n) is 2.23. The maximum atomic E-state index is 8.85. The molecule has 23 heavy (non-hydrogen) atoms. The molecule has 0 radical (unpaired) electrons. The van der Waals surface area contributed by atoms with Gasteiger partial charge < -0.3 is 19.9 Å². The average molecular weight is 336 g/mol. The van der Waals surface area contributed by atoms with Crippen molar-refractivity contribution in [3.05, 3.63) is 58.6 Å². The Labute approximate surface area is 142 Å². The van der Waals surface area contributed by atoms with Gasteiger partial charge in [0.25, 0.3) is 0 Å². The molecule has 0 spiro atoms. The summed E-state index contributed by atoms with van der Waals surface area (Å²) in [5.41, 5.74) is 2.02. The van der Waals surface area contributed by atoms with Gasteiger partial charge in [-0.15, -0.1) is 0 Å². The molecule has 0 bridgehead atoms.